The van der Waals surface area contributed by atoms with Gasteiger partial charge in [-0.15, -0.1) is 10.2 Å². The average Bonchev–Trinajstić information content (AvgIpc) is 3.07. The molecule has 1 N–H and O–H groups in total. The van der Waals surface area contributed by atoms with Crippen molar-refractivity contribution >= 4 is 33.9 Å². The number of nitrogens with one attached hydrogen (secondary N) is 1. The Hall–Kier alpha value is -2.56. The number of nitriles is 1. The SMILES string of the molecule is COc1cccc(Nc2nnc(SCc3cccc(C#N)c3)s2)c1. The summed E-state index contributed by atoms with van der Waals surface area (Å²) in [5, 5.41) is 21.2. The maximum absolute atomic E-state index is 8.93. The molecule has 2 aromatic carbocycles. The first kappa shape index (κ1) is 16.3. The van der Waals surface area contributed by atoms with Gasteiger partial charge in [0.15, 0.2) is 4.34 Å². The Labute approximate surface area is 148 Å². The van der Waals surface area contributed by atoms with Crippen LogP contribution < -0.4 is 10.1 Å². The third-order valence-corrected chi connectivity index (χ3v) is 5.19. The highest BCUT2D eigenvalue weighted by Crippen LogP contribution is 2.30. The molecule has 0 radical (unpaired) electrons. The summed E-state index contributed by atoms with van der Waals surface area (Å²) in [4.78, 5) is 0. The van der Waals surface area contributed by atoms with Crippen LogP contribution in [-0.4, -0.2) is 17.3 Å². The van der Waals surface area contributed by atoms with Crippen LogP contribution in [0.25, 0.3) is 0 Å². The molecule has 0 spiro atoms. The van der Waals surface area contributed by atoms with E-state index < -0.39 is 0 Å². The number of nitrogens with zero attached hydrogens (tertiary/aromatic N) is 3. The number of ether oxygens (including phenoxy) is 1. The molecule has 0 atom stereocenters. The van der Waals surface area contributed by atoms with Crippen LogP contribution in [0.5, 0.6) is 5.75 Å². The quantitative estimate of drug-likeness (QED) is 0.659. The molecule has 0 unspecified atom stereocenters. The topological polar surface area (TPSA) is 70.8 Å². The zero-order valence-corrected chi connectivity index (χ0v) is 14.5. The van der Waals surface area contributed by atoms with E-state index in [2.05, 4.69) is 21.6 Å². The molecule has 120 valence electrons. The van der Waals surface area contributed by atoms with E-state index in [9.17, 15) is 0 Å². The van der Waals surface area contributed by atoms with Gasteiger partial charge in [-0.1, -0.05) is 41.3 Å². The van der Waals surface area contributed by atoms with Gasteiger partial charge in [-0.25, -0.2) is 0 Å². The maximum Gasteiger partial charge on any atom is 0.210 e. The summed E-state index contributed by atoms with van der Waals surface area (Å²) in [5.41, 5.74) is 2.67. The van der Waals surface area contributed by atoms with Crippen molar-refractivity contribution in [3.63, 3.8) is 0 Å². The molecule has 0 amide bonds. The number of rotatable bonds is 6. The van der Waals surface area contributed by atoms with Crippen molar-refractivity contribution in [3.05, 3.63) is 59.7 Å². The Bertz CT molecular complexity index is 873. The van der Waals surface area contributed by atoms with Crippen molar-refractivity contribution < 1.29 is 4.74 Å². The molecule has 0 aliphatic rings. The normalized spacial score (nSPS) is 10.2. The van der Waals surface area contributed by atoms with Crippen molar-refractivity contribution in [2.24, 2.45) is 0 Å². The molecule has 0 bridgehead atoms. The zero-order chi connectivity index (χ0) is 16.8. The van der Waals surface area contributed by atoms with Crippen LogP contribution in [-0.2, 0) is 5.75 Å². The Morgan fingerprint density at radius 3 is 2.92 bits per heavy atom. The minimum atomic E-state index is 0.672. The number of hydrogen-bond acceptors (Lipinski definition) is 7. The summed E-state index contributed by atoms with van der Waals surface area (Å²) in [5.74, 6) is 1.54. The highest BCUT2D eigenvalue weighted by Gasteiger charge is 2.06. The minimum Gasteiger partial charge on any atom is -0.497 e. The first-order chi connectivity index (χ1) is 11.8. The minimum absolute atomic E-state index is 0.672. The molecule has 24 heavy (non-hydrogen) atoms. The molecule has 0 fully saturated rings. The first-order valence-corrected chi connectivity index (χ1v) is 8.93. The van der Waals surface area contributed by atoms with E-state index in [0.29, 0.717) is 5.56 Å². The van der Waals surface area contributed by atoms with Crippen molar-refractivity contribution in [2.75, 3.05) is 12.4 Å². The fourth-order valence-corrected chi connectivity index (χ4v) is 3.73. The van der Waals surface area contributed by atoms with Gasteiger partial charge in [0, 0.05) is 17.5 Å². The standard InChI is InChI=1S/C17H14N4OS2/c1-22-15-7-3-6-14(9-15)19-16-20-21-17(24-16)23-11-13-5-2-4-12(8-13)10-18/h2-9H,11H2,1H3,(H,19,20). The summed E-state index contributed by atoms with van der Waals surface area (Å²) >= 11 is 3.10. The first-order valence-electron chi connectivity index (χ1n) is 7.13. The van der Waals surface area contributed by atoms with E-state index in [1.807, 2.05) is 42.5 Å². The number of thioether (sulfide) groups is 1. The summed E-state index contributed by atoms with van der Waals surface area (Å²) in [6, 6.07) is 17.4. The summed E-state index contributed by atoms with van der Waals surface area (Å²) < 4.78 is 6.08. The molecule has 3 aromatic rings. The predicted molar refractivity (Wildman–Crippen MR) is 96.9 cm³/mol. The largest absolute Gasteiger partial charge is 0.497 e. The summed E-state index contributed by atoms with van der Waals surface area (Å²) in [6.07, 6.45) is 0. The van der Waals surface area contributed by atoms with E-state index in [1.54, 1.807) is 24.9 Å². The second-order valence-corrected chi connectivity index (χ2v) is 7.03. The second kappa shape index (κ2) is 7.81. The van der Waals surface area contributed by atoms with Crippen LogP contribution in [0.2, 0.25) is 0 Å². The van der Waals surface area contributed by atoms with Crippen molar-refractivity contribution in [1.29, 1.82) is 5.26 Å². The Morgan fingerprint density at radius 2 is 2.08 bits per heavy atom. The number of aromatic nitrogens is 2. The number of methoxy groups -OCH3 is 1. The lowest BCUT2D eigenvalue weighted by atomic mass is 10.2. The lowest BCUT2D eigenvalue weighted by Gasteiger charge is -2.04. The molecule has 1 heterocycles. The van der Waals surface area contributed by atoms with Crippen molar-refractivity contribution in [3.8, 4) is 11.8 Å². The van der Waals surface area contributed by atoms with E-state index in [4.69, 9.17) is 10.00 Å². The van der Waals surface area contributed by atoms with Gasteiger partial charge in [0.2, 0.25) is 5.13 Å². The number of hydrogen-bond donors (Lipinski definition) is 1. The molecule has 5 nitrogen and oxygen atoms in total. The van der Waals surface area contributed by atoms with Gasteiger partial charge in [0.25, 0.3) is 0 Å². The zero-order valence-electron chi connectivity index (χ0n) is 12.9. The van der Waals surface area contributed by atoms with Gasteiger partial charge >= 0.3 is 0 Å². The molecule has 1 aromatic heterocycles. The van der Waals surface area contributed by atoms with Gasteiger partial charge in [0.1, 0.15) is 5.75 Å². The van der Waals surface area contributed by atoms with Crippen LogP contribution in [0.4, 0.5) is 10.8 Å². The van der Waals surface area contributed by atoms with Crippen LogP contribution in [0.3, 0.4) is 0 Å². The Kier molecular flexibility index (Phi) is 5.31. The summed E-state index contributed by atoms with van der Waals surface area (Å²) in [7, 11) is 1.64. The third kappa shape index (κ3) is 4.25. The molecular weight excluding hydrogens is 340 g/mol. The van der Waals surface area contributed by atoms with Crippen LogP contribution in [0.1, 0.15) is 11.1 Å². The lowest BCUT2D eigenvalue weighted by molar-refractivity contribution is 0.415. The van der Waals surface area contributed by atoms with Crippen LogP contribution >= 0.6 is 23.1 Å². The van der Waals surface area contributed by atoms with Gasteiger partial charge in [0.05, 0.1) is 18.7 Å². The molecule has 0 aliphatic carbocycles. The smallest absolute Gasteiger partial charge is 0.210 e. The maximum atomic E-state index is 8.93. The van der Waals surface area contributed by atoms with Crippen LogP contribution in [0, 0.1) is 11.3 Å². The molecular formula is C17H14N4OS2. The fraction of sp³-hybridized carbons (Fsp3) is 0.118. The molecule has 0 aliphatic heterocycles. The number of benzene rings is 2. The van der Waals surface area contributed by atoms with E-state index >= 15 is 0 Å². The van der Waals surface area contributed by atoms with E-state index in [-0.39, 0.29) is 0 Å². The van der Waals surface area contributed by atoms with Gasteiger partial charge in [-0.05, 0) is 29.8 Å². The third-order valence-electron chi connectivity index (χ3n) is 3.15. The van der Waals surface area contributed by atoms with E-state index in [0.717, 1.165) is 32.2 Å². The second-order valence-electron chi connectivity index (χ2n) is 4.83. The monoisotopic (exact) mass is 354 g/mol. The van der Waals surface area contributed by atoms with Crippen molar-refractivity contribution in [1.82, 2.24) is 10.2 Å². The van der Waals surface area contributed by atoms with Crippen LogP contribution in [0.15, 0.2) is 52.9 Å². The highest BCUT2D eigenvalue weighted by atomic mass is 32.2. The average molecular weight is 354 g/mol. The van der Waals surface area contributed by atoms with E-state index in [1.165, 1.54) is 11.3 Å². The predicted octanol–water partition coefficient (Wildman–Crippen LogP) is 4.45. The highest BCUT2D eigenvalue weighted by molar-refractivity contribution is 8.00. The van der Waals surface area contributed by atoms with Gasteiger partial charge in [-0.3, -0.25) is 0 Å². The van der Waals surface area contributed by atoms with Crippen molar-refractivity contribution in [2.45, 2.75) is 10.1 Å². The Balaban J connectivity index is 1.62. The molecule has 0 saturated heterocycles. The molecule has 3 rings (SSSR count). The Morgan fingerprint density at radius 1 is 1.21 bits per heavy atom. The van der Waals surface area contributed by atoms with Gasteiger partial charge in [-0.2, -0.15) is 5.26 Å². The summed E-state index contributed by atoms with van der Waals surface area (Å²) in [6.45, 7) is 0. The molecule has 7 heteroatoms. The number of anilines is 2. The molecule has 0 saturated carbocycles. The van der Waals surface area contributed by atoms with Gasteiger partial charge < -0.3 is 10.1 Å². The lowest BCUT2D eigenvalue weighted by Crippen LogP contribution is -1.90. The fourth-order valence-electron chi connectivity index (χ4n) is 2.02.